The summed E-state index contributed by atoms with van der Waals surface area (Å²) in [6.45, 7) is 2.55. The summed E-state index contributed by atoms with van der Waals surface area (Å²) in [7, 11) is 0. The number of amidine groups is 1. The Kier molecular flexibility index (Phi) is 7.90. The first-order valence-corrected chi connectivity index (χ1v) is 10.9. The van der Waals surface area contributed by atoms with Gasteiger partial charge in [0.15, 0.2) is 5.17 Å². The van der Waals surface area contributed by atoms with Crippen molar-refractivity contribution in [1.29, 1.82) is 0 Å². The Bertz CT molecular complexity index is 989. The van der Waals surface area contributed by atoms with Gasteiger partial charge in [0.05, 0.1) is 6.21 Å². The van der Waals surface area contributed by atoms with Gasteiger partial charge in [0.2, 0.25) is 0 Å². The molecule has 0 aliphatic rings. The molecule has 3 aromatic carbocycles. The maximum atomic E-state index is 5.98. The Hall–Kier alpha value is -2.57. The van der Waals surface area contributed by atoms with E-state index in [1.807, 2.05) is 36.4 Å². The van der Waals surface area contributed by atoms with Gasteiger partial charge in [-0.1, -0.05) is 87.9 Å². The lowest BCUT2D eigenvalue weighted by Crippen LogP contribution is -2.06. The van der Waals surface area contributed by atoms with Crippen LogP contribution >= 0.6 is 27.7 Å². The van der Waals surface area contributed by atoms with Crippen molar-refractivity contribution in [2.24, 2.45) is 15.9 Å². The standard InChI is InChI=1S/C23H22BrN3OS/c1-17-7-9-18(10-8-17)15-28-22-12-11-21(24)13-20(22)14-26-27-23(25)29-16-19-5-3-2-4-6-19/h2-14H,15-16H2,1H3,(H2,25,27). The number of nitrogens with two attached hydrogens (primary N) is 1. The summed E-state index contributed by atoms with van der Waals surface area (Å²) >= 11 is 4.94. The van der Waals surface area contributed by atoms with Crippen LogP contribution in [0.1, 0.15) is 22.3 Å². The van der Waals surface area contributed by atoms with Crippen LogP contribution in [0, 0.1) is 6.92 Å². The number of thioether (sulfide) groups is 1. The van der Waals surface area contributed by atoms with Crippen LogP contribution in [0.15, 0.2) is 87.5 Å². The lowest BCUT2D eigenvalue weighted by molar-refractivity contribution is 0.305. The van der Waals surface area contributed by atoms with Gasteiger partial charge in [-0.15, -0.1) is 5.10 Å². The number of hydrogen-bond acceptors (Lipinski definition) is 4. The minimum absolute atomic E-state index is 0.419. The molecule has 0 heterocycles. The van der Waals surface area contributed by atoms with Crippen molar-refractivity contribution in [3.05, 3.63) is 99.5 Å². The fraction of sp³-hybridized carbons (Fsp3) is 0.130. The highest BCUT2D eigenvalue weighted by atomic mass is 79.9. The summed E-state index contributed by atoms with van der Waals surface area (Å²) in [4.78, 5) is 0. The maximum absolute atomic E-state index is 5.98. The molecular formula is C23H22BrN3OS. The molecule has 0 radical (unpaired) electrons. The quantitative estimate of drug-likeness (QED) is 0.266. The Labute approximate surface area is 184 Å². The molecule has 3 aromatic rings. The molecule has 3 rings (SSSR count). The predicted molar refractivity (Wildman–Crippen MR) is 127 cm³/mol. The molecule has 0 aromatic heterocycles. The normalized spacial score (nSPS) is 11.7. The Balaban J connectivity index is 1.62. The first kappa shape index (κ1) is 21.1. The number of rotatable bonds is 7. The van der Waals surface area contributed by atoms with Crippen LogP contribution in [0.25, 0.3) is 0 Å². The third-order valence-corrected chi connectivity index (χ3v) is 5.42. The van der Waals surface area contributed by atoms with Crippen LogP contribution < -0.4 is 10.5 Å². The van der Waals surface area contributed by atoms with E-state index in [0.717, 1.165) is 27.1 Å². The fourth-order valence-electron chi connectivity index (χ4n) is 2.51. The summed E-state index contributed by atoms with van der Waals surface area (Å²) in [6, 6.07) is 24.2. The molecule has 0 bridgehead atoms. The van der Waals surface area contributed by atoms with Gasteiger partial charge in [-0.05, 0) is 36.2 Å². The first-order chi connectivity index (χ1) is 14.1. The highest BCUT2D eigenvalue weighted by molar-refractivity contribution is 9.10. The van der Waals surface area contributed by atoms with E-state index < -0.39 is 0 Å². The van der Waals surface area contributed by atoms with Gasteiger partial charge in [-0.25, -0.2) is 0 Å². The first-order valence-electron chi connectivity index (χ1n) is 9.11. The summed E-state index contributed by atoms with van der Waals surface area (Å²) in [5.41, 5.74) is 10.3. The second-order valence-electron chi connectivity index (χ2n) is 6.41. The number of aryl methyl sites for hydroxylation is 1. The van der Waals surface area contributed by atoms with E-state index in [1.54, 1.807) is 6.21 Å². The molecule has 0 unspecified atom stereocenters. The third kappa shape index (κ3) is 7.07. The zero-order valence-electron chi connectivity index (χ0n) is 16.1. The van der Waals surface area contributed by atoms with Crippen LogP contribution in [0.3, 0.4) is 0 Å². The molecule has 0 aliphatic carbocycles. The summed E-state index contributed by atoms with van der Waals surface area (Å²) < 4.78 is 6.93. The van der Waals surface area contributed by atoms with E-state index in [4.69, 9.17) is 10.5 Å². The van der Waals surface area contributed by atoms with Crippen LogP contribution in [-0.4, -0.2) is 11.4 Å². The molecule has 0 saturated carbocycles. The summed E-state index contributed by atoms with van der Waals surface area (Å²) in [5, 5.41) is 8.65. The van der Waals surface area contributed by atoms with Gasteiger partial charge in [0, 0.05) is 15.8 Å². The van der Waals surface area contributed by atoms with Crippen molar-refractivity contribution in [1.82, 2.24) is 0 Å². The highest BCUT2D eigenvalue weighted by Crippen LogP contribution is 2.23. The second-order valence-corrected chi connectivity index (χ2v) is 8.32. The lowest BCUT2D eigenvalue weighted by atomic mass is 10.1. The van der Waals surface area contributed by atoms with Crippen molar-refractivity contribution in [3.63, 3.8) is 0 Å². The van der Waals surface area contributed by atoms with Crippen molar-refractivity contribution >= 4 is 39.1 Å². The molecule has 0 fully saturated rings. The molecule has 0 saturated heterocycles. The van der Waals surface area contributed by atoms with E-state index in [-0.39, 0.29) is 0 Å². The van der Waals surface area contributed by atoms with Gasteiger partial charge in [-0.3, -0.25) is 0 Å². The monoisotopic (exact) mass is 467 g/mol. The van der Waals surface area contributed by atoms with Crippen LogP contribution in [0.5, 0.6) is 5.75 Å². The average molecular weight is 468 g/mol. The van der Waals surface area contributed by atoms with E-state index in [2.05, 4.69) is 69.5 Å². The average Bonchev–Trinajstić information content (AvgIpc) is 2.73. The largest absolute Gasteiger partial charge is 0.488 e. The molecule has 148 valence electrons. The molecule has 0 aliphatic heterocycles. The van der Waals surface area contributed by atoms with E-state index >= 15 is 0 Å². The smallest absolute Gasteiger partial charge is 0.180 e. The van der Waals surface area contributed by atoms with Crippen molar-refractivity contribution in [3.8, 4) is 5.75 Å². The molecular weight excluding hydrogens is 446 g/mol. The van der Waals surface area contributed by atoms with Gasteiger partial charge in [-0.2, -0.15) is 5.10 Å². The molecule has 0 amide bonds. The number of benzene rings is 3. The lowest BCUT2D eigenvalue weighted by Gasteiger charge is -2.09. The van der Waals surface area contributed by atoms with E-state index in [9.17, 15) is 0 Å². The third-order valence-electron chi connectivity index (χ3n) is 4.07. The number of nitrogens with zero attached hydrogens (tertiary/aromatic N) is 2. The van der Waals surface area contributed by atoms with Crippen LogP contribution in [-0.2, 0) is 12.4 Å². The second kappa shape index (κ2) is 10.8. The SMILES string of the molecule is Cc1ccc(COc2ccc(Br)cc2C=NN=C(N)SCc2ccccc2)cc1. The van der Waals surface area contributed by atoms with Gasteiger partial charge < -0.3 is 10.5 Å². The Morgan fingerprint density at radius 2 is 1.79 bits per heavy atom. The zero-order chi connectivity index (χ0) is 20.5. The minimum Gasteiger partial charge on any atom is -0.488 e. The highest BCUT2D eigenvalue weighted by Gasteiger charge is 2.04. The van der Waals surface area contributed by atoms with Crippen molar-refractivity contribution < 1.29 is 4.74 Å². The molecule has 4 nitrogen and oxygen atoms in total. The minimum atomic E-state index is 0.419. The van der Waals surface area contributed by atoms with Crippen molar-refractivity contribution in [2.45, 2.75) is 19.3 Å². The number of hydrogen-bond donors (Lipinski definition) is 1. The molecule has 29 heavy (non-hydrogen) atoms. The molecule has 6 heteroatoms. The number of ether oxygens (including phenoxy) is 1. The maximum Gasteiger partial charge on any atom is 0.180 e. The van der Waals surface area contributed by atoms with E-state index in [1.165, 1.54) is 22.9 Å². The predicted octanol–water partition coefficient (Wildman–Crippen LogP) is 5.92. The van der Waals surface area contributed by atoms with Gasteiger partial charge >= 0.3 is 0 Å². The Morgan fingerprint density at radius 3 is 2.55 bits per heavy atom. The topological polar surface area (TPSA) is 60.0 Å². The molecule has 2 N–H and O–H groups in total. The van der Waals surface area contributed by atoms with E-state index in [0.29, 0.717) is 11.8 Å². The fourth-order valence-corrected chi connectivity index (χ4v) is 3.50. The molecule has 0 atom stereocenters. The van der Waals surface area contributed by atoms with Crippen LogP contribution in [0.2, 0.25) is 0 Å². The van der Waals surface area contributed by atoms with Crippen LogP contribution in [0.4, 0.5) is 0 Å². The van der Waals surface area contributed by atoms with Gasteiger partial charge in [0.25, 0.3) is 0 Å². The summed E-state index contributed by atoms with van der Waals surface area (Å²) in [5.74, 6) is 1.50. The Morgan fingerprint density at radius 1 is 1.03 bits per heavy atom. The zero-order valence-corrected chi connectivity index (χ0v) is 18.5. The number of halogens is 1. The molecule has 0 spiro atoms. The van der Waals surface area contributed by atoms with Gasteiger partial charge in [0.1, 0.15) is 12.4 Å². The summed E-state index contributed by atoms with van der Waals surface area (Å²) in [6.07, 6.45) is 1.66. The van der Waals surface area contributed by atoms with Crippen molar-refractivity contribution in [2.75, 3.05) is 0 Å².